The van der Waals surface area contributed by atoms with Crippen LogP contribution < -0.4 is 4.90 Å². The van der Waals surface area contributed by atoms with Crippen molar-refractivity contribution < 1.29 is 8.78 Å². The normalized spacial score (nSPS) is 14.9. The van der Waals surface area contributed by atoms with Gasteiger partial charge in [-0.2, -0.15) is 0 Å². The zero-order chi connectivity index (χ0) is 11.0. The number of fused-ring (bicyclic) bond motifs is 1. The van der Waals surface area contributed by atoms with Crippen molar-refractivity contribution in [2.45, 2.75) is 12.8 Å². The molecule has 5 heteroatoms. The molecule has 1 aliphatic heterocycles. The number of alkyl halides is 2. The lowest BCUT2D eigenvalue weighted by atomic mass is 10.2. The van der Waals surface area contributed by atoms with E-state index in [4.69, 9.17) is 11.6 Å². The third-order valence-electron chi connectivity index (χ3n) is 2.50. The van der Waals surface area contributed by atoms with Gasteiger partial charge in [-0.1, -0.05) is 11.6 Å². The van der Waals surface area contributed by atoms with Gasteiger partial charge in [-0.15, -0.1) is 0 Å². The highest BCUT2D eigenvalue weighted by atomic mass is 79.9. The Kier molecular flexibility index (Phi) is 3.16. The minimum absolute atomic E-state index is 0.217. The molecule has 0 amide bonds. The second kappa shape index (κ2) is 4.26. The summed E-state index contributed by atoms with van der Waals surface area (Å²) in [4.78, 5) is 1.68. The summed E-state index contributed by atoms with van der Waals surface area (Å²) in [5.74, 6) is 0. The van der Waals surface area contributed by atoms with Gasteiger partial charge in [0.05, 0.1) is 11.6 Å². The SMILES string of the molecule is FC(F)CN1CCc2c1ccc(Br)c2Cl. The fraction of sp³-hybridized carbons (Fsp3) is 0.400. The van der Waals surface area contributed by atoms with E-state index in [1.165, 1.54) is 0 Å². The first kappa shape index (κ1) is 11.1. The first-order valence-corrected chi connectivity index (χ1v) is 5.76. The van der Waals surface area contributed by atoms with Crippen LogP contribution in [0.2, 0.25) is 5.02 Å². The van der Waals surface area contributed by atoms with E-state index in [0.717, 1.165) is 22.1 Å². The highest BCUT2D eigenvalue weighted by Gasteiger charge is 2.24. The summed E-state index contributed by atoms with van der Waals surface area (Å²) >= 11 is 9.40. The third kappa shape index (κ3) is 2.11. The zero-order valence-corrected chi connectivity index (χ0v) is 10.2. The molecule has 0 saturated heterocycles. The number of halogens is 4. The first-order valence-electron chi connectivity index (χ1n) is 4.59. The Morgan fingerprint density at radius 2 is 2.20 bits per heavy atom. The molecule has 0 atom stereocenters. The molecule has 0 unspecified atom stereocenters. The topological polar surface area (TPSA) is 3.24 Å². The highest BCUT2D eigenvalue weighted by Crippen LogP contribution is 2.37. The molecule has 0 bridgehead atoms. The van der Waals surface area contributed by atoms with Crippen molar-refractivity contribution in [2.24, 2.45) is 0 Å². The number of anilines is 1. The van der Waals surface area contributed by atoms with E-state index in [-0.39, 0.29) is 6.54 Å². The Balaban J connectivity index is 2.32. The van der Waals surface area contributed by atoms with Crippen molar-refractivity contribution in [3.63, 3.8) is 0 Å². The molecule has 1 heterocycles. The molecule has 0 fully saturated rings. The van der Waals surface area contributed by atoms with Crippen LogP contribution in [-0.2, 0) is 6.42 Å². The number of nitrogens with zero attached hydrogens (tertiary/aromatic N) is 1. The molecular formula is C10H9BrClF2N. The van der Waals surface area contributed by atoms with Crippen LogP contribution in [-0.4, -0.2) is 19.5 Å². The summed E-state index contributed by atoms with van der Waals surface area (Å²) in [6.45, 7) is 0.404. The Hall–Kier alpha value is -0.350. The summed E-state index contributed by atoms with van der Waals surface area (Å²) in [6.07, 6.45) is -1.57. The third-order valence-corrected chi connectivity index (χ3v) is 3.82. The Bertz CT molecular complexity index is 384. The number of hydrogen-bond donors (Lipinski definition) is 0. The van der Waals surface area contributed by atoms with E-state index in [9.17, 15) is 8.78 Å². The Morgan fingerprint density at radius 3 is 2.87 bits per heavy atom. The highest BCUT2D eigenvalue weighted by molar-refractivity contribution is 9.10. The molecule has 1 nitrogen and oxygen atoms in total. The zero-order valence-electron chi connectivity index (χ0n) is 7.81. The molecule has 82 valence electrons. The van der Waals surface area contributed by atoms with Crippen LogP contribution >= 0.6 is 27.5 Å². The molecule has 0 N–H and O–H groups in total. The van der Waals surface area contributed by atoms with E-state index >= 15 is 0 Å². The summed E-state index contributed by atoms with van der Waals surface area (Å²) in [5, 5.41) is 0.643. The largest absolute Gasteiger partial charge is 0.365 e. The van der Waals surface area contributed by atoms with Crippen LogP contribution in [0, 0.1) is 0 Å². The maximum atomic E-state index is 12.3. The van der Waals surface area contributed by atoms with Gasteiger partial charge in [0.25, 0.3) is 6.43 Å². The lowest BCUT2D eigenvalue weighted by Gasteiger charge is -2.18. The van der Waals surface area contributed by atoms with Gasteiger partial charge in [-0.3, -0.25) is 0 Å². The Morgan fingerprint density at radius 1 is 1.47 bits per heavy atom. The Labute approximate surface area is 100 Å². The van der Waals surface area contributed by atoms with E-state index in [1.807, 2.05) is 6.07 Å². The van der Waals surface area contributed by atoms with Crippen LogP contribution in [0.5, 0.6) is 0 Å². The lowest BCUT2D eigenvalue weighted by molar-refractivity contribution is 0.155. The molecule has 1 aromatic rings. The van der Waals surface area contributed by atoms with Crippen LogP contribution in [0.3, 0.4) is 0 Å². The molecule has 1 aliphatic rings. The molecule has 0 aliphatic carbocycles. The quantitative estimate of drug-likeness (QED) is 0.804. The molecule has 15 heavy (non-hydrogen) atoms. The summed E-state index contributed by atoms with van der Waals surface area (Å²) in [5.41, 5.74) is 1.80. The van der Waals surface area contributed by atoms with Crippen molar-refractivity contribution in [3.8, 4) is 0 Å². The van der Waals surface area contributed by atoms with Gasteiger partial charge in [0.1, 0.15) is 0 Å². The van der Waals surface area contributed by atoms with Crippen molar-refractivity contribution in [3.05, 3.63) is 27.2 Å². The van der Waals surface area contributed by atoms with Gasteiger partial charge in [-0.25, -0.2) is 8.78 Å². The summed E-state index contributed by atoms with van der Waals surface area (Å²) < 4.78 is 25.4. The maximum absolute atomic E-state index is 12.3. The predicted molar refractivity (Wildman–Crippen MR) is 61.1 cm³/mol. The van der Waals surface area contributed by atoms with Gasteiger partial charge in [0.2, 0.25) is 0 Å². The van der Waals surface area contributed by atoms with Gasteiger partial charge < -0.3 is 4.90 Å². The fourth-order valence-corrected chi connectivity index (χ4v) is 2.47. The van der Waals surface area contributed by atoms with Gasteiger partial charge in [0, 0.05) is 16.7 Å². The van der Waals surface area contributed by atoms with Crippen LogP contribution in [0.4, 0.5) is 14.5 Å². The minimum Gasteiger partial charge on any atom is -0.365 e. The van der Waals surface area contributed by atoms with Crippen molar-refractivity contribution in [1.29, 1.82) is 0 Å². The molecule has 0 radical (unpaired) electrons. The molecule has 2 rings (SSSR count). The minimum atomic E-state index is -2.31. The van der Waals surface area contributed by atoms with Crippen molar-refractivity contribution in [2.75, 3.05) is 18.0 Å². The average Bonchev–Trinajstić information content (AvgIpc) is 2.55. The van der Waals surface area contributed by atoms with E-state index in [1.54, 1.807) is 11.0 Å². The molecule has 0 spiro atoms. The average molecular weight is 297 g/mol. The molecule has 0 aromatic heterocycles. The van der Waals surface area contributed by atoms with Crippen LogP contribution in [0.15, 0.2) is 16.6 Å². The molecule has 0 saturated carbocycles. The number of hydrogen-bond acceptors (Lipinski definition) is 1. The van der Waals surface area contributed by atoms with Gasteiger partial charge in [-0.05, 0) is 40.0 Å². The second-order valence-electron chi connectivity index (χ2n) is 3.45. The van der Waals surface area contributed by atoms with E-state index in [0.29, 0.717) is 11.6 Å². The maximum Gasteiger partial charge on any atom is 0.255 e. The molecular weight excluding hydrogens is 287 g/mol. The standard InChI is InChI=1S/C10H9BrClF2N/c11-7-1-2-8-6(10(7)12)3-4-15(8)5-9(13)14/h1-2,9H,3-5H2. The van der Waals surface area contributed by atoms with E-state index in [2.05, 4.69) is 15.9 Å². The number of benzene rings is 1. The lowest BCUT2D eigenvalue weighted by Crippen LogP contribution is -2.26. The van der Waals surface area contributed by atoms with E-state index < -0.39 is 6.43 Å². The van der Waals surface area contributed by atoms with Crippen molar-refractivity contribution >= 4 is 33.2 Å². The molecule has 1 aromatic carbocycles. The monoisotopic (exact) mass is 295 g/mol. The van der Waals surface area contributed by atoms with Crippen molar-refractivity contribution in [1.82, 2.24) is 0 Å². The van der Waals surface area contributed by atoms with Crippen LogP contribution in [0.25, 0.3) is 0 Å². The first-order chi connectivity index (χ1) is 7.09. The van der Waals surface area contributed by atoms with Gasteiger partial charge >= 0.3 is 0 Å². The summed E-state index contributed by atoms with van der Waals surface area (Å²) in [7, 11) is 0. The fourth-order valence-electron chi connectivity index (χ4n) is 1.84. The van der Waals surface area contributed by atoms with Gasteiger partial charge in [0.15, 0.2) is 0 Å². The predicted octanol–water partition coefficient (Wildman–Crippen LogP) is 3.73. The second-order valence-corrected chi connectivity index (χ2v) is 4.68. The van der Waals surface area contributed by atoms with Crippen LogP contribution in [0.1, 0.15) is 5.56 Å². The summed E-state index contributed by atoms with van der Waals surface area (Å²) in [6, 6.07) is 3.63. The number of rotatable bonds is 2. The smallest absolute Gasteiger partial charge is 0.255 e.